The van der Waals surface area contributed by atoms with Gasteiger partial charge in [-0.2, -0.15) is 0 Å². The quantitative estimate of drug-likeness (QED) is 0.783. The Kier molecular flexibility index (Phi) is 4.76. The first-order valence-electron chi connectivity index (χ1n) is 6.29. The van der Waals surface area contributed by atoms with Crippen molar-refractivity contribution in [3.63, 3.8) is 0 Å². The van der Waals surface area contributed by atoms with Crippen molar-refractivity contribution in [1.82, 2.24) is 0 Å². The Balaban J connectivity index is 1.58. The van der Waals surface area contributed by atoms with E-state index in [1.165, 1.54) is 0 Å². The predicted molar refractivity (Wildman–Crippen MR) is 59.9 cm³/mol. The second-order valence-corrected chi connectivity index (χ2v) is 4.76. The minimum absolute atomic E-state index is 0.0454. The maximum Gasteiger partial charge on any atom is 0.332 e. The van der Waals surface area contributed by atoms with Gasteiger partial charge in [0, 0.05) is 19.8 Å². The molecule has 2 heterocycles. The lowest BCUT2D eigenvalue weighted by atomic mass is 10.0. The van der Waals surface area contributed by atoms with Crippen LogP contribution in [0.4, 0.5) is 0 Å². The molecule has 0 aromatic carbocycles. The molecule has 0 aromatic heterocycles. The van der Waals surface area contributed by atoms with Gasteiger partial charge in [-0.1, -0.05) is 0 Å². The molecule has 0 aromatic rings. The summed E-state index contributed by atoms with van der Waals surface area (Å²) in [4.78, 5) is 10.7. The number of ether oxygens (including phenoxy) is 3. The van der Waals surface area contributed by atoms with E-state index in [0.717, 1.165) is 39.1 Å². The number of aliphatic carboxylic acids is 1. The zero-order chi connectivity index (χ0) is 12.1. The van der Waals surface area contributed by atoms with Crippen LogP contribution in [0, 0.1) is 5.92 Å². The van der Waals surface area contributed by atoms with Crippen molar-refractivity contribution in [3.05, 3.63) is 0 Å². The molecule has 0 radical (unpaired) electrons. The molecule has 0 amide bonds. The van der Waals surface area contributed by atoms with Gasteiger partial charge < -0.3 is 19.3 Å². The molecule has 0 bridgehead atoms. The maximum atomic E-state index is 10.7. The van der Waals surface area contributed by atoms with Gasteiger partial charge in [0.25, 0.3) is 0 Å². The van der Waals surface area contributed by atoms with Crippen LogP contribution < -0.4 is 0 Å². The zero-order valence-electron chi connectivity index (χ0n) is 9.97. The molecule has 2 atom stereocenters. The number of carbonyl (C=O) groups is 1. The van der Waals surface area contributed by atoms with Gasteiger partial charge in [0.15, 0.2) is 6.10 Å². The fourth-order valence-electron chi connectivity index (χ4n) is 2.29. The summed E-state index contributed by atoms with van der Waals surface area (Å²) in [5.41, 5.74) is 0. The first kappa shape index (κ1) is 12.8. The monoisotopic (exact) mass is 244 g/mol. The highest BCUT2D eigenvalue weighted by Crippen LogP contribution is 2.21. The zero-order valence-corrected chi connectivity index (χ0v) is 9.97. The maximum absolute atomic E-state index is 10.7. The van der Waals surface area contributed by atoms with Crippen molar-refractivity contribution in [2.45, 2.75) is 37.9 Å². The number of rotatable bonds is 5. The Morgan fingerprint density at radius 3 is 2.59 bits per heavy atom. The summed E-state index contributed by atoms with van der Waals surface area (Å²) in [5.74, 6) is -0.280. The summed E-state index contributed by atoms with van der Waals surface area (Å²) in [6.07, 6.45) is 2.82. The van der Waals surface area contributed by atoms with E-state index < -0.39 is 12.1 Å². The van der Waals surface area contributed by atoms with Crippen molar-refractivity contribution < 1.29 is 24.1 Å². The topological polar surface area (TPSA) is 65.0 Å². The smallest absolute Gasteiger partial charge is 0.332 e. The Morgan fingerprint density at radius 2 is 1.94 bits per heavy atom. The molecule has 5 nitrogen and oxygen atoms in total. The van der Waals surface area contributed by atoms with Gasteiger partial charge >= 0.3 is 5.97 Å². The summed E-state index contributed by atoms with van der Waals surface area (Å²) in [5, 5.41) is 8.78. The van der Waals surface area contributed by atoms with E-state index in [4.69, 9.17) is 19.3 Å². The van der Waals surface area contributed by atoms with Crippen LogP contribution in [-0.4, -0.2) is 49.7 Å². The lowest BCUT2D eigenvalue weighted by molar-refractivity contribution is -0.150. The molecule has 98 valence electrons. The Bertz CT molecular complexity index is 249. The SMILES string of the molecule is O=C(O)C1CCC(COCC2CCOCC2)O1. The van der Waals surface area contributed by atoms with Gasteiger partial charge in [-0.05, 0) is 31.6 Å². The summed E-state index contributed by atoms with van der Waals surface area (Å²) >= 11 is 0. The van der Waals surface area contributed by atoms with E-state index in [1.54, 1.807) is 0 Å². The second kappa shape index (κ2) is 6.33. The van der Waals surface area contributed by atoms with E-state index in [-0.39, 0.29) is 6.10 Å². The molecule has 2 rings (SSSR count). The molecule has 0 aliphatic carbocycles. The van der Waals surface area contributed by atoms with E-state index in [1.807, 2.05) is 0 Å². The molecule has 1 N–H and O–H groups in total. The molecular formula is C12H20O5. The minimum atomic E-state index is -0.864. The van der Waals surface area contributed by atoms with Gasteiger partial charge in [0.05, 0.1) is 12.7 Å². The predicted octanol–water partition coefficient (Wildman–Crippen LogP) is 1.06. The molecule has 2 unspecified atom stereocenters. The highest BCUT2D eigenvalue weighted by Gasteiger charge is 2.30. The normalized spacial score (nSPS) is 30.6. The van der Waals surface area contributed by atoms with Gasteiger partial charge in [-0.15, -0.1) is 0 Å². The van der Waals surface area contributed by atoms with E-state index in [2.05, 4.69) is 0 Å². The van der Waals surface area contributed by atoms with E-state index in [0.29, 0.717) is 18.9 Å². The lowest BCUT2D eigenvalue weighted by Gasteiger charge is -2.22. The fraction of sp³-hybridized carbons (Fsp3) is 0.917. The molecule has 17 heavy (non-hydrogen) atoms. The van der Waals surface area contributed by atoms with Crippen molar-refractivity contribution in [2.75, 3.05) is 26.4 Å². The van der Waals surface area contributed by atoms with Crippen molar-refractivity contribution in [3.8, 4) is 0 Å². The Morgan fingerprint density at radius 1 is 1.18 bits per heavy atom. The highest BCUT2D eigenvalue weighted by molar-refractivity contribution is 5.72. The molecule has 2 fully saturated rings. The molecule has 2 aliphatic rings. The molecule has 0 spiro atoms. The molecular weight excluding hydrogens is 224 g/mol. The van der Waals surface area contributed by atoms with Gasteiger partial charge in [0.1, 0.15) is 0 Å². The Labute approximate surface area is 101 Å². The lowest BCUT2D eigenvalue weighted by Crippen LogP contribution is -2.25. The van der Waals surface area contributed by atoms with Crippen LogP contribution in [0.2, 0.25) is 0 Å². The van der Waals surface area contributed by atoms with Gasteiger partial charge in [-0.3, -0.25) is 0 Å². The standard InChI is InChI=1S/C12H20O5/c13-12(14)11-2-1-10(17-11)8-16-7-9-3-5-15-6-4-9/h9-11H,1-8H2,(H,13,14). The number of carboxylic acids is 1. The van der Waals surface area contributed by atoms with E-state index >= 15 is 0 Å². The van der Waals surface area contributed by atoms with Crippen LogP contribution >= 0.6 is 0 Å². The van der Waals surface area contributed by atoms with Crippen LogP contribution in [0.5, 0.6) is 0 Å². The fourth-order valence-corrected chi connectivity index (χ4v) is 2.29. The third kappa shape index (κ3) is 3.94. The van der Waals surface area contributed by atoms with Crippen LogP contribution in [0.15, 0.2) is 0 Å². The number of carboxylic acid groups (broad SMARTS) is 1. The average molecular weight is 244 g/mol. The summed E-state index contributed by atoms with van der Waals surface area (Å²) < 4.78 is 16.2. The first-order valence-corrected chi connectivity index (χ1v) is 6.29. The molecule has 0 saturated carbocycles. The number of hydrogen-bond acceptors (Lipinski definition) is 4. The van der Waals surface area contributed by atoms with Crippen molar-refractivity contribution in [1.29, 1.82) is 0 Å². The van der Waals surface area contributed by atoms with Crippen molar-refractivity contribution in [2.24, 2.45) is 5.92 Å². The van der Waals surface area contributed by atoms with Crippen LogP contribution in [0.1, 0.15) is 25.7 Å². The van der Waals surface area contributed by atoms with E-state index in [9.17, 15) is 4.79 Å². The second-order valence-electron chi connectivity index (χ2n) is 4.76. The number of hydrogen-bond donors (Lipinski definition) is 1. The largest absolute Gasteiger partial charge is 0.479 e. The molecule has 2 saturated heterocycles. The van der Waals surface area contributed by atoms with Crippen LogP contribution in [-0.2, 0) is 19.0 Å². The molecule has 2 aliphatic heterocycles. The van der Waals surface area contributed by atoms with Crippen LogP contribution in [0.25, 0.3) is 0 Å². The van der Waals surface area contributed by atoms with Gasteiger partial charge in [0.2, 0.25) is 0 Å². The van der Waals surface area contributed by atoms with Crippen molar-refractivity contribution >= 4 is 5.97 Å². The average Bonchev–Trinajstić information content (AvgIpc) is 2.79. The van der Waals surface area contributed by atoms with Crippen LogP contribution in [0.3, 0.4) is 0 Å². The minimum Gasteiger partial charge on any atom is -0.479 e. The van der Waals surface area contributed by atoms with Gasteiger partial charge in [-0.25, -0.2) is 4.79 Å². The Hall–Kier alpha value is -0.650. The molecule has 5 heteroatoms. The summed E-state index contributed by atoms with van der Waals surface area (Å²) in [6, 6.07) is 0. The third-order valence-electron chi connectivity index (χ3n) is 3.38. The summed E-state index contributed by atoms with van der Waals surface area (Å²) in [6.45, 7) is 2.91. The summed E-state index contributed by atoms with van der Waals surface area (Å²) in [7, 11) is 0. The first-order chi connectivity index (χ1) is 8.25. The highest BCUT2D eigenvalue weighted by atomic mass is 16.6. The third-order valence-corrected chi connectivity index (χ3v) is 3.38.